The molecule has 23 heavy (non-hydrogen) atoms. The number of nitrogen functional groups attached to an aromatic ring is 1. The van der Waals surface area contributed by atoms with Gasteiger partial charge in [-0.05, 0) is 36.8 Å². The lowest BCUT2D eigenvalue weighted by Gasteiger charge is -2.09. The van der Waals surface area contributed by atoms with Gasteiger partial charge in [0, 0.05) is 12.1 Å². The van der Waals surface area contributed by atoms with Crippen LogP contribution in [0.25, 0.3) is 0 Å². The van der Waals surface area contributed by atoms with Crippen LogP contribution in [-0.2, 0) is 4.79 Å². The van der Waals surface area contributed by atoms with Crippen LogP contribution in [0.3, 0.4) is 0 Å². The zero-order valence-electron chi connectivity index (χ0n) is 12.5. The molecule has 2 rings (SSSR count). The first-order valence-electron chi connectivity index (χ1n) is 7.17. The Bertz CT molecular complexity index is 700. The van der Waals surface area contributed by atoms with Gasteiger partial charge in [-0.3, -0.25) is 4.79 Å². The van der Waals surface area contributed by atoms with E-state index < -0.39 is 5.97 Å². The number of anilines is 2. The molecule has 6 heteroatoms. The Balaban J connectivity index is 1.76. The third-order valence-electron chi connectivity index (χ3n) is 3.12. The molecule has 0 saturated carbocycles. The number of aromatic carboxylic acids is 1. The first-order chi connectivity index (χ1) is 11.1. The van der Waals surface area contributed by atoms with Gasteiger partial charge >= 0.3 is 5.97 Å². The van der Waals surface area contributed by atoms with Crippen molar-refractivity contribution in [2.24, 2.45) is 0 Å². The Morgan fingerprint density at radius 3 is 2.65 bits per heavy atom. The van der Waals surface area contributed by atoms with E-state index in [0.717, 1.165) is 0 Å². The maximum Gasteiger partial charge on any atom is 0.335 e. The molecule has 0 aliphatic rings. The number of para-hydroxylation sites is 2. The molecule has 0 aromatic heterocycles. The van der Waals surface area contributed by atoms with Crippen LogP contribution in [0.15, 0.2) is 48.5 Å². The van der Waals surface area contributed by atoms with Crippen LogP contribution < -0.4 is 15.8 Å². The smallest absolute Gasteiger partial charge is 0.335 e. The van der Waals surface area contributed by atoms with E-state index in [2.05, 4.69) is 5.32 Å². The molecule has 4 N–H and O–H groups in total. The number of rotatable bonds is 7. The van der Waals surface area contributed by atoms with Gasteiger partial charge in [-0.2, -0.15) is 0 Å². The first-order valence-corrected chi connectivity index (χ1v) is 7.17. The number of carbonyl (C=O) groups excluding carboxylic acids is 1. The molecule has 0 radical (unpaired) electrons. The number of carbonyl (C=O) groups is 2. The summed E-state index contributed by atoms with van der Waals surface area (Å²) < 4.78 is 5.51. The molecule has 2 aromatic rings. The van der Waals surface area contributed by atoms with Crippen molar-refractivity contribution in [1.82, 2.24) is 0 Å². The lowest BCUT2D eigenvalue weighted by molar-refractivity contribution is -0.116. The van der Waals surface area contributed by atoms with E-state index in [1.165, 1.54) is 12.1 Å². The molecule has 0 saturated heterocycles. The maximum absolute atomic E-state index is 11.8. The van der Waals surface area contributed by atoms with Crippen molar-refractivity contribution in [2.75, 3.05) is 17.7 Å². The van der Waals surface area contributed by atoms with Gasteiger partial charge in [0.15, 0.2) is 0 Å². The fourth-order valence-corrected chi connectivity index (χ4v) is 1.98. The number of nitrogens with two attached hydrogens (primary N) is 1. The molecule has 2 aromatic carbocycles. The van der Waals surface area contributed by atoms with E-state index in [9.17, 15) is 9.59 Å². The van der Waals surface area contributed by atoms with Crippen molar-refractivity contribution in [1.29, 1.82) is 0 Å². The van der Waals surface area contributed by atoms with Crippen LogP contribution in [0.4, 0.5) is 11.4 Å². The highest BCUT2D eigenvalue weighted by atomic mass is 16.5. The molecule has 0 fully saturated rings. The van der Waals surface area contributed by atoms with Crippen molar-refractivity contribution < 1.29 is 19.4 Å². The number of amides is 1. The van der Waals surface area contributed by atoms with Gasteiger partial charge in [0.1, 0.15) is 5.75 Å². The predicted molar refractivity (Wildman–Crippen MR) is 87.6 cm³/mol. The van der Waals surface area contributed by atoms with Gasteiger partial charge in [-0.1, -0.05) is 18.2 Å². The minimum atomic E-state index is -1.03. The summed E-state index contributed by atoms with van der Waals surface area (Å²) in [5.41, 5.74) is 6.90. The number of carboxylic acids is 1. The normalized spacial score (nSPS) is 10.1. The number of carboxylic acid groups (broad SMARTS) is 1. The quantitative estimate of drug-likeness (QED) is 0.539. The molecule has 0 aliphatic carbocycles. The second-order valence-electron chi connectivity index (χ2n) is 4.92. The highest BCUT2D eigenvalue weighted by Crippen LogP contribution is 2.20. The summed E-state index contributed by atoms with van der Waals surface area (Å²) in [7, 11) is 0. The van der Waals surface area contributed by atoms with E-state index in [4.69, 9.17) is 15.6 Å². The Hall–Kier alpha value is -3.02. The van der Waals surface area contributed by atoms with Gasteiger partial charge in [0.05, 0.1) is 17.9 Å². The van der Waals surface area contributed by atoms with Crippen LogP contribution in [0, 0.1) is 0 Å². The minimum Gasteiger partial charge on any atom is -0.491 e. The molecular formula is C17H18N2O4. The van der Waals surface area contributed by atoms with Gasteiger partial charge < -0.3 is 20.9 Å². The minimum absolute atomic E-state index is 0.130. The van der Waals surface area contributed by atoms with Crippen LogP contribution >= 0.6 is 0 Å². The topological polar surface area (TPSA) is 102 Å². The zero-order chi connectivity index (χ0) is 16.7. The number of ether oxygens (including phenoxy) is 1. The van der Waals surface area contributed by atoms with Gasteiger partial charge in [-0.15, -0.1) is 0 Å². The van der Waals surface area contributed by atoms with Crippen LogP contribution in [-0.4, -0.2) is 23.6 Å². The Kier molecular flexibility index (Phi) is 5.57. The first kappa shape index (κ1) is 16.4. The molecule has 0 unspecified atom stereocenters. The van der Waals surface area contributed by atoms with Crippen molar-refractivity contribution in [3.63, 3.8) is 0 Å². The SMILES string of the molecule is Nc1ccccc1OCCCC(=O)Nc1cccc(C(=O)O)c1. The largest absolute Gasteiger partial charge is 0.491 e. The van der Waals surface area contributed by atoms with E-state index in [0.29, 0.717) is 30.2 Å². The summed E-state index contributed by atoms with van der Waals surface area (Å²) in [6, 6.07) is 13.3. The van der Waals surface area contributed by atoms with Crippen LogP contribution in [0.1, 0.15) is 23.2 Å². The average molecular weight is 314 g/mol. The van der Waals surface area contributed by atoms with Gasteiger partial charge in [0.2, 0.25) is 5.91 Å². The molecule has 6 nitrogen and oxygen atoms in total. The number of benzene rings is 2. The van der Waals surface area contributed by atoms with E-state index in [-0.39, 0.29) is 17.9 Å². The Morgan fingerprint density at radius 2 is 1.91 bits per heavy atom. The van der Waals surface area contributed by atoms with E-state index in [1.807, 2.05) is 12.1 Å². The van der Waals surface area contributed by atoms with Gasteiger partial charge in [0.25, 0.3) is 0 Å². The third kappa shape index (κ3) is 5.03. The highest BCUT2D eigenvalue weighted by molar-refractivity contribution is 5.93. The van der Waals surface area contributed by atoms with Crippen molar-refractivity contribution in [3.8, 4) is 5.75 Å². The van der Waals surface area contributed by atoms with Crippen molar-refractivity contribution >= 4 is 23.3 Å². The third-order valence-corrected chi connectivity index (χ3v) is 3.12. The van der Waals surface area contributed by atoms with E-state index >= 15 is 0 Å². The second kappa shape index (κ2) is 7.84. The molecule has 1 amide bonds. The van der Waals surface area contributed by atoms with Crippen molar-refractivity contribution in [2.45, 2.75) is 12.8 Å². The summed E-state index contributed by atoms with van der Waals surface area (Å²) in [6.45, 7) is 0.372. The zero-order valence-corrected chi connectivity index (χ0v) is 12.5. The van der Waals surface area contributed by atoms with E-state index in [1.54, 1.807) is 24.3 Å². The Morgan fingerprint density at radius 1 is 1.13 bits per heavy atom. The predicted octanol–water partition coefficient (Wildman–Crippen LogP) is 2.76. The monoisotopic (exact) mass is 314 g/mol. The van der Waals surface area contributed by atoms with Crippen LogP contribution in [0.2, 0.25) is 0 Å². The molecule has 0 spiro atoms. The number of nitrogens with one attached hydrogen (secondary N) is 1. The fraction of sp³-hybridized carbons (Fsp3) is 0.176. The molecule has 0 atom stereocenters. The Labute approximate surface area is 133 Å². The molecule has 0 heterocycles. The number of hydrogen-bond donors (Lipinski definition) is 3. The van der Waals surface area contributed by atoms with Crippen LogP contribution in [0.5, 0.6) is 5.75 Å². The molecule has 0 aliphatic heterocycles. The summed E-state index contributed by atoms with van der Waals surface area (Å²) in [4.78, 5) is 22.7. The van der Waals surface area contributed by atoms with Crippen molar-refractivity contribution in [3.05, 3.63) is 54.1 Å². The van der Waals surface area contributed by atoms with Gasteiger partial charge in [-0.25, -0.2) is 4.79 Å². The summed E-state index contributed by atoms with van der Waals surface area (Å²) in [6.07, 6.45) is 0.794. The fourth-order valence-electron chi connectivity index (χ4n) is 1.98. The lowest BCUT2D eigenvalue weighted by Crippen LogP contribution is -2.13. The summed E-state index contributed by atoms with van der Waals surface area (Å²) >= 11 is 0. The summed E-state index contributed by atoms with van der Waals surface area (Å²) in [5.74, 6) is -0.630. The number of hydrogen-bond acceptors (Lipinski definition) is 4. The summed E-state index contributed by atoms with van der Waals surface area (Å²) in [5, 5.41) is 11.6. The maximum atomic E-state index is 11.8. The molecular weight excluding hydrogens is 296 g/mol. The standard InChI is InChI=1S/C17H18N2O4/c18-14-7-1-2-8-15(14)23-10-4-9-16(20)19-13-6-3-5-12(11-13)17(21)22/h1-3,5-8,11H,4,9-10,18H2,(H,19,20)(H,21,22). The molecule has 0 bridgehead atoms. The highest BCUT2D eigenvalue weighted by Gasteiger charge is 2.06. The average Bonchev–Trinajstić information content (AvgIpc) is 2.53. The molecule has 120 valence electrons. The second-order valence-corrected chi connectivity index (χ2v) is 4.92. The lowest BCUT2D eigenvalue weighted by atomic mass is 10.2.